The largest absolute Gasteiger partial charge is 0.460 e. The average molecular weight is 373 g/mol. The summed E-state index contributed by atoms with van der Waals surface area (Å²) in [5.41, 5.74) is 0.858. The van der Waals surface area contributed by atoms with Crippen molar-refractivity contribution in [2.24, 2.45) is 5.16 Å². The van der Waals surface area contributed by atoms with Crippen molar-refractivity contribution in [3.8, 4) is 6.07 Å². The van der Waals surface area contributed by atoms with Gasteiger partial charge in [-0.15, -0.1) is 0 Å². The zero-order chi connectivity index (χ0) is 20.0. The van der Waals surface area contributed by atoms with Gasteiger partial charge in [-0.3, -0.25) is 9.59 Å². The molecule has 1 aromatic rings. The van der Waals surface area contributed by atoms with E-state index in [0.29, 0.717) is 16.8 Å². The monoisotopic (exact) mass is 373 g/mol. The molecule has 1 aliphatic rings. The maximum atomic E-state index is 12.0. The first-order valence-corrected chi connectivity index (χ1v) is 8.60. The molecule has 144 valence electrons. The van der Waals surface area contributed by atoms with E-state index in [1.165, 1.54) is 0 Å². The number of oxime groups is 1. The van der Waals surface area contributed by atoms with Gasteiger partial charge in [0.1, 0.15) is 17.4 Å². The third-order valence-electron chi connectivity index (χ3n) is 3.69. The molecule has 8 heteroatoms. The Labute approximate surface area is 157 Å². The fourth-order valence-corrected chi connectivity index (χ4v) is 2.45. The minimum atomic E-state index is -1.06. The van der Waals surface area contributed by atoms with Gasteiger partial charge in [-0.1, -0.05) is 17.3 Å². The van der Waals surface area contributed by atoms with Crippen LogP contribution in [-0.2, 0) is 19.2 Å². The third-order valence-corrected chi connectivity index (χ3v) is 3.69. The van der Waals surface area contributed by atoms with E-state index in [0.717, 1.165) is 0 Å². The van der Waals surface area contributed by atoms with E-state index >= 15 is 0 Å². The normalized spacial score (nSPS) is 18.9. The zero-order valence-electron chi connectivity index (χ0n) is 15.6. The van der Waals surface area contributed by atoms with Crippen LogP contribution in [0.4, 0.5) is 0 Å². The lowest BCUT2D eigenvalue weighted by atomic mass is 9.99. The van der Waals surface area contributed by atoms with E-state index in [2.05, 4.69) is 10.5 Å². The number of nitrogens with one attached hydrogen (secondary N) is 1. The fraction of sp³-hybridized carbons (Fsp3) is 0.474. The smallest absolute Gasteiger partial charge is 0.308 e. The Hall–Kier alpha value is -2.92. The maximum absolute atomic E-state index is 12.0. The van der Waals surface area contributed by atoms with E-state index in [-0.39, 0.29) is 25.3 Å². The number of hydrogen-bond acceptors (Lipinski definition) is 7. The summed E-state index contributed by atoms with van der Waals surface area (Å²) in [7, 11) is 0. The highest BCUT2D eigenvalue weighted by Crippen LogP contribution is 2.20. The van der Waals surface area contributed by atoms with Gasteiger partial charge in [0.05, 0.1) is 24.5 Å². The highest BCUT2D eigenvalue weighted by atomic mass is 16.7. The number of nitrogens with zero attached hydrogens (tertiary/aromatic N) is 2. The van der Waals surface area contributed by atoms with E-state index in [9.17, 15) is 14.7 Å². The Bertz CT molecular complexity index is 759. The molecule has 0 fully saturated rings. The summed E-state index contributed by atoms with van der Waals surface area (Å²) in [6, 6.07) is 8.56. The van der Waals surface area contributed by atoms with E-state index in [4.69, 9.17) is 14.8 Å². The predicted octanol–water partition coefficient (Wildman–Crippen LogP) is 1.26. The Kier molecular flexibility index (Phi) is 6.53. The van der Waals surface area contributed by atoms with Crippen LogP contribution in [0.5, 0.6) is 0 Å². The minimum absolute atomic E-state index is 0.0596. The molecule has 0 aliphatic carbocycles. The summed E-state index contributed by atoms with van der Waals surface area (Å²) in [4.78, 5) is 28.8. The van der Waals surface area contributed by atoms with Gasteiger partial charge in [0, 0.05) is 12.1 Å². The van der Waals surface area contributed by atoms with Crippen LogP contribution in [0.25, 0.3) is 0 Å². The topological polar surface area (TPSA) is 121 Å². The molecule has 1 amide bonds. The number of rotatable bonds is 6. The predicted molar refractivity (Wildman–Crippen MR) is 96.7 cm³/mol. The number of aliphatic hydroxyl groups is 1. The Balaban J connectivity index is 1.79. The average Bonchev–Trinajstić information content (AvgIpc) is 2.94. The van der Waals surface area contributed by atoms with Crippen molar-refractivity contribution >= 4 is 17.6 Å². The van der Waals surface area contributed by atoms with Crippen LogP contribution < -0.4 is 5.32 Å². The summed E-state index contributed by atoms with van der Waals surface area (Å²) < 4.78 is 5.16. The third kappa shape index (κ3) is 6.08. The number of esters is 1. The maximum Gasteiger partial charge on any atom is 0.308 e. The van der Waals surface area contributed by atoms with Crippen LogP contribution in [0.1, 0.15) is 44.7 Å². The Morgan fingerprint density at radius 3 is 2.59 bits per heavy atom. The number of amides is 1. The summed E-state index contributed by atoms with van der Waals surface area (Å²) in [6.07, 6.45) is -1.91. The quantitative estimate of drug-likeness (QED) is 0.724. The first-order valence-electron chi connectivity index (χ1n) is 8.60. The number of benzene rings is 1. The molecule has 0 spiro atoms. The van der Waals surface area contributed by atoms with Crippen LogP contribution in [0, 0.1) is 11.3 Å². The second-order valence-corrected chi connectivity index (χ2v) is 7.14. The Morgan fingerprint density at radius 1 is 1.33 bits per heavy atom. The van der Waals surface area contributed by atoms with Crippen LogP contribution in [0.3, 0.4) is 0 Å². The Morgan fingerprint density at radius 2 is 2.00 bits per heavy atom. The molecule has 1 aromatic carbocycles. The molecule has 2 rings (SSSR count). The first-order chi connectivity index (χ1) is 12.7. The zero-order valence-corrected chi connectivity index (χ0v) is 15.6. The van der Waals surface area contributed by atoms with E-state index in [1.807, 2.05) is 6.07 Å². The molecule has 8 nitrogen and oxygen atoms in total. The van der Waals surface area contributed by atoms with Gasteiger partial charge in [-0.25, -0.2) is 0 Å². The van der Waals surface area contributed by atoms with Crippen molar-refractivity contribution in [3.05, 3.63) is 35.4 Å². The second-order valence-electron chi connectivity index (χ2n) is 7.14. The summed E-state index contributed by atoms with van der Waals surface area (Å²) in [5, 5.41) is 25.6. The molecular formula is C19H23N3O5. The molecular weight excluding hydrogens is 350 g/mol. The lowest BCUT2D eigenvalue weighted by molar-refractivity contribution is -0.154. The van der Waals surface area contributed by atoms with Crippen molar-refractivity contribution in [3.63, 3.8) is 0 Å². The van der Waals surface area contributed by atoms with Gasteiger partial charge in [0.2, 0.25) is 5.91 Å². The van der Waals surface area contributed by atoms with Crippen molar-refractivity contribution in [1.29, 1.82) is 5.26 Å². The molecule has 0 aromatic heterocycles. The molecule has 0 saturated carbocycles. The molecule has 1 heterocycles. The molecule has 0 saturated heterocycles. The van der Waals surface area contributed by atoms with Gasteiger partial charge < -0.3 is 20.0 Å². The molecule has 0 radical (unpaired) electrons. The van der Waals surface area contributed by atoms with Gasteiger partial charge in [0.15, 0.2) is 6.10 Å². The van der Waals surface area contributed by atoms with Crippen LogP contribution in [0.15, 0.2) is 29.4 Å². The number of aliphatic hydroxyl groups excluding tert-OH is 1. The van der Waals surface area contributed by atoms with Crippen molar-refractivity contribution in [2.75, 3.05) is 6.54 Å². The van der Waals surface area contributed by atoms with Crippen LogP contribution in [-0.4, -0.2) is 47.0 Å². The van der Waals surface area contributed by atoms with Gasteiger partial charge in [0.25, 0.3) is 0 Å². The van der Waals surface area contributed by atoms with Gasteiger partial charge in [-0.05, 0) is 32.9 Å². The minimum Gasteiger partial charge on any atom is -0.460 e. The van der Waals surface area contributed by atoms with Gasteiger partial charge >= 0.3 is 5.97 Å². The summed E-state index contributed by atoms with van der Waals surface area (Å²) in [5.74, 6) is -0.759. The lowest BCUT2D eigenvalue weighted by Crippen LogP contribution is -2.36. The van der Waals surface area contributed by atoms with Crippen molar-refractivity contribution in [1.82, 2.24) is 5.32 Å². The number of carbonyl (C=O) groups excluding carboxylic acids is 2. The number of nitriles is 1. The summed E-state index contributed by atoms with van der Waals surface area (Å²) >= 11 is 0. The fourth-order valence-electron chi connectivity index (χ4n) is 2.45. The molecule has 2 N–H and O–H groups in total. The highest BCUT2D eigenvalue weighted by Gasteiger charge is 2.34. The van der Waals surface area contributed by atoms with Crippen LogP contribution >= 0.6 is 0 Å². The number of ether oxygens (including phenoxy) is 1. The first kappa shape index (κ1) is 20.4. The standard InChI is InChI=1S/C19H23N3O5/c1-19(2,3)26-16(24)8-9-21-15(23)10-14-18(25)17(22-27-14)13-6-4-12(11-20)5-7-13/h4-7,14,18,25H,8-10H2,1-3H3,(H,21,23)/t14-,18+/m0/s1. The van der Waals surface area contributed by atoms with E-state index < -0.39 is 23.8 Å². The van der Waals surface area contributed by atoms with Crippen LogP contribution in [0.2, 0.25) is 0 Å². The molecule has 2 atom stereocenters. The number of hydrogen-bond donors (Lipinski definition) is 2. The molecule has 0 unspecified atom stereocenters. The lowest BCUT2D eigenvalue weighted by Gasteiger charge is -2.19. The molecule has 1 aliphatic heterocycles. The molecule has 27 heavy (non-hydrogen) atoms. The second kappa shape index (κ2) is 8.64. The number of carbonyl (C=O) groups is 2. The summed E-state index contributed by atoms with van der Waals surface area (Å²) in [6.45, 7) is 5.45. The molecule has 0 bridgehead atoms. The highest BCUT2D eigenvalue weighted by molar-refractivity contribution is 6.04. The van der Waals surface area contributed by atoms with Crippen molar-refractivity contribution < 1.29 is 24.3 Å². The SMILES string of the molecule is CC(C)(C)OC(=O)CCNC(=O)C[C@@H]1ON=C(c2ccc(C#N)cc2)[C@@H]1O. The van der Waals surface area contributed by atoms with Gasteiger partial charge in [-0.2, -0.15) is 5.26 Å². The van der Waals surface area contributed by atoms with E-state index in [1.54, 1.807) is 45.0 Å². The van der Waals surface area contributed by atoms with Crippen molar-refractivity contribution in [2.45, 2.75) is 51.4 Å².